The first-order valence-corrected chi connectivity index (χ1v) is 13.2. The number of anilines is 1. The second-order valence-corrected chi connectivity index (χ2v) is 11.6. The smallest absolute Gasteiger partial charge is 0.243 e. The fourth-order valence-electron chi connectivity index (χ4n) is 4.81. The predicted octanol–water partition coefficient (Wildman–Crippen LogP) is 5.06. The molecule has 1 aliphatic heterocycles. The van der Waals surface area contributed by atoms with Crippen molar-refractivity contribution in [3.8, 4) is 0 Å². The van der Waals surface area contributed by atoms with Crippen LogP contribution in [0.1, 0.15) is 50.2 Å². The van der Waals surface area contributed by atoms with Gasteiger partial charge in [-0.2, -0.15) is 4.31 Å². The Morgan fingerprint density at radius 3 is 2.45 bits per heavy atom. The number of aryl methyl sites for hydroxylation is 1. The molecular weight excluding hydrogens is 476 g/mol. The summed E-state index contributed by atoms with van der Waals surface area (Å²) in [7, 11) is -3.77. The summed E-state index contributed by atoms with van der Waals surface area (Å²) in [4.78, 5) is 15.5. The lowest BCUT2D eigenvalue weighted by atomic mass is 9.95. The van der Waals surface area contributed by atoms with E-state index in [2.05, 4.69) is 15.9 Å². The molecule has 1 aliphatic carbocycles. The molecule has 1 saturated carbocycles. The summed E-state index contributed by atoms with van der Waals surface area (Å²) in [6.45, 7) is 3.83. The highest BCUT2D eigenvalue weighted by Crippen LogP contribution is 2.35. The average Bonchev–Trinajstić information content (AvgIpc) is 3.07. The van der Waals surface area contributed by atoms with Crippen molar-refractivity contribution in [2.75, 3.05) is 11.4 Å². The number of carbonyl (C=O) groups excluding carboxylic acids is 1. The molecule has 5 nitrogen and oxygen atoms in total. The van der Waals surface area contributed by atoms with E-state index in [-0.39, 0.29) is 29.4 Å². The van der Waals surface area contributed by atoms with Crippen LogP contribution in [0.4, 0.5) is 5.69 Å². The van der Waals surface area contributed by atoms with E-state index < -0.39 is 10.0 Å². The van der Waals surface area contributed by atoms with Gasteiger partial charge in [0.2, 0.25) is 15.9 Å². The molecule has 2 aliphatic rings. The quantitative estimate of drug-likeness (QED) is 0.571. The number of hydrogen-bond donors (Lipinski definition) is 0. The van der Waals surface area contributed by atoms with Crippen LogP contribution in [0.15, 0.2) is 51.8 Å². The first kappa shape index (κ1) is 22.5. The zero-order valence-electron chi connectivity index (χ0n) is 18.1. The van der Waals surface area contributed by atoms with E-state index in [0.717, 1.165) is 59.8 Å². The number of halogens is 1. The third-order valence-corrected chi connectivity index (χ3v) is 8.83. The zero-order valence-corrected chi connectivity index (χ0v) is 20.5. The summed E-state index contributed by atoms with van der Waals surface area (Å²) in [5.41, 5.74) is 3.01. The van der Waals surface area contributed by atoms with Crippen LogP contribution in [0.25, 0.3) is 0 Å². The normalized spacial score (nSPS) is 19.6. The molecule has 2 aromatic rings. The first-order chi connectivity index (χ1) is 14.8. The van der Waals surface area contributed by atoms with Gasteiger partial charge in [-0.25, -0.2) is 8.42 Å². The summed E-state index contributed by atoms with van der Waals surface area (Å²) < 4.78 is 29.7. The van der Waals surface area contributed by atoms with Gasteiger partial charge in [-0.1, -0.05) is 52.9 Å². The van der Waals surface area contributed by atoms with Gasteiger partial charge in [-0.05, 0) is 69.0 Å². The topological polar surface area (TPSA) is 57.7 Å². The van der Waals surface area contributed by atoms with Gasteiger partial charge < -0.3 is 4.90 Å². The van der Waals surface area contributed by atoms with Crippen LogP contribution in [0.5, 0.6) is 0 Å². The lowest BCUT2D eigenvalue weighted by Gasteiger charge is -2.34. The van der Waals surface area contributed by atoms with Crippen molar-refractivity contribution in [2.45, 2.75) is 69.4 Å². The molecule has 0 aromatic heterocycles. The van der Waals surface area contributed by atoms with Crippen molar-refractivity contribution >= 4 is 37.5 Å². The van der Waals surface area contributed by atoms with Crippen molar-refractivity contribution in [3.63, 3.8) is 0 Å². The van der Waals surface area contributed by atoms with Gasteiger partial charge in [0.1, 0.15) is 0 Å². The minimum absolute atomic E-state index is 0.00656. The Kier molecular flexibility index (Phi) is 6.56. The molecule has 0 N–H and O–H groups in total. The van der Waals surface area contributed by atoms with Crippen molar-refractivity contribution in [3.05, 3.63) is 58.1 Å². The van der Waals surface area contributed by atoms with Crippen LogP contribution in [0, 0.1) is 6.92 Å². The van der Waals surface area contributed by atoms with Gasteiger partial charge in [-0.15, -0.1) is 0 Å². The van der Waals surface area contributed by atoms with Gasteiger partial charge in [-0.3, -0.25) is 4.79 Å². The fraction of sp³-hybridized carbons (Fsp3) is 0.458. The van der Waals surface area contributed by atoms with E-state index in [9.17, 15) is 13.2 Å². The summed E-state index contributed by atoms with van der Waals surface area (Å²) in [5.74, 6) is -0.158. The molecule has 1 unspecified atom stereocenters. The Morgan fingerprint density at radius 2 is 1.77 bits per heavy atom. The Hall–Kier alpha value is -1.70. The van der Waals surface area contributed by atoms with Gasteiger partial charge in [0, 0.05) is 22.2 Å². The number of carbonyl (C=O) groups is 1. The largest absolute Gasteiger partial charge is 0.308 e. The summed E-state index contributed by atoms with van der Waals surface area (Å²) in [5, 5.41) is 0. The summed E-state index contributed by atoms with van der Waals surface area (Å²) >= 11 is 3.50. The van der Waals surface area contributed by atoms with E-state index >= 15 is 0 Å². The highest BCUT2D eigenvalue weighted by atomic mass is 79.9. The Labute approximate surface area is 193 Å². The third kappa shape index (κ3) is 4.59. The van der Waals surface area contributed by atoms with Crippen LogP contribution in [0.2, 0.25) is 0 Å². The molecule has 4 rings (SSSR count). The number of amides is 1. The molecule has 0 saturated heterocycles. The van der Waals surface area contributed by atoms with E-state index in [1.54, 1.807) is 17.0 Å². The van der Waals surface area contributed by atoms with Crippen molar-refractivity contribution in [1.82, 2.24) is 4.31 Å². The fourth-order valence-corrected chi connectivity index (χ4v) is 6.86. The zero-order chi connectivity index (χ0) is 22.2. The van der Waals surface area contributed by atoms with Crippen LogP contribution in [-0.2, 0) is 21.2 Å². The van der Waals surface area contributed by atoms with E-state index in [1.807, 2.05) is 44.2 Å². The SMILES string of the molecule is Cc1ccc(S(=O)(=O)N(CC(=O)N2c3ccc(Br)cc3CC2C)C2CCCCC2)cc1. The first-order valence-electron chi connectivity index (χ1n) is 11.0. The number of fused-ring (bicyclic) bond motifs is 1. The van der Waals surface area contributed by atoms with Crippen molar-refractivity contribution < 1.29 is 13.2 Å². The van der Waals surface area contributed by atoms with E-state index in [0.29, 0.717) is 0 Å². The maximum atomic E-state index is 13.6. The number of rotatable bonds is 5. The minimum atomic E-state index is -3.77. The van der Waals surface area contributed by atoms with Gasteiger partial charge >= 0.3 is 0 Å². The van der Waals surface area contributed by atoms with Gasteiger partial charge in [0.15, 0.2) is 0 Å². The maximum Gasteiger partial charge on any atom is 0.243 e. The molecule has 0 radical (unpaired) electrons. The van der Waals surface area contributed by atoms with Gasteiger partial charge in [0.05, 0.1) is 11.4 Å². The molecule has 1 fully saturated rings. The van der Waals surface area contributed by atoms with E-state index in [1.165, 1.54) is 4.31 Å². The van der Waals surface area contributed by atoms with Crippen LogP contribution in [0.3, 0.4) is 0 Å². The number of nitrogens with zero attached hydrogens (tertiary/aromatic N) is 2. The average molecular weight is 505 g/mol. The second-order valence-electron chi connectivity index (χ2n) is 8.75. The molecule has 0 bridgehead atoms. The molecule has 31 heavy (non-hydrogen) atoms. The Morgan fingerprint density at radius 1 is 1.10 bits per heavy atom. The standard InChI is InChI=1S/C24H29BrN2O3S/c1-17-8-11-22(12-9-17)31(29,30)26(21-6-4-3-5-7-21)16-24(28)27-18(2)14-19-15-20(25)10-13-23(19)27/h8-13,15,18,21H,3-7,14,16H2,1-2H3. The molecular formula is C24H29BrN2O3S. The van der Waals surface area contributed by atoms with Gasteiger partial charge in [0.25, 0.3) is 0 Å². The molecule has 1 amide bonds. The number of hydrogen-bond acceptors (Lipinski definition) is 3. The molecule has 166 valence electrons. The maximum absolute atomic E-state index is 13.6. The lowest BCUT2D eigenvalue weighted by Crippen LogP contribution is -2.49. The van der Waals surface area contributed by atoms with Crippen molar-refractivity contribution in [1.29, 1.82) is 0 Å². The molecule has 7 heteroatoms. The molecule has 0 spiro atoms. The highest BCUT2D eigenvalue weighted by molar-refractivity contribution is 9.10. The predicted molar refractivity (Wildman–Crippen MR) is 127 cm³/mol. The molecule has 2 aromatic carbocycles. The summed E-state index contributed by atoms with van der Waals surface area (Å²) in [6.07, 6.45) is 5.49. The molecule has 1 atom stereocenters. The summed E-state index contributed by atoms with van der Waals surface area (Å²) in [6, 6.07) is 12.7. The monoisotopic (exact) mass is 504 g/mol. The van der Waals surface area contributed by atoms with Crippen LogP contribution < -0.4 is 4.90 Å². The lowest BCUT2D eigenvalue weighted by molar-refractivity contribution is -0.119. The Bertz CT molecular complexity index is 1060. The van der Waals surface area contributed by atoms with Crippen molar-refractivity contribution in [2.24, 2.45) is 0 Å². The molecule has 1 heterocycles. The highest BCUT2D eigenvalue weighted by Gasteiger charge is 2.38. The van der Waals surface area contributed by atoms with Crippen LogP contribution in [-0.4, -0.2) is 37.3 Å². The Balaban J connectivity index is 1.65. The number of sulfonamides is 1. The minimum Gasteiger partial charge on any atom is -0.308 e. The van der Waals surface area contributed by atoms with E-state index in [4.69, 9.17) is 0 Å². The van der Waals surface area contributed by atoms with Crippen LogP contribution >= 0.6 is 15.9 Å². The second kappa shape index (κ2) is 9.04. The number of benzene rings is 2. The third-order valence-electron chi connectivity index (χ3n) is 6.43.